The molecule has 3 aromatic rings. The van der Waals surface area contributed by atoms with Crippen molar-refractivity contribution in [3.05, 3.63) is 93.0 Å². The first kappa shape index (κ1) is 25.2. The molecular weight excluding hydrogens is 524 g/mol. The number of urea groups is 1. The molecule has 1 aliphatic heterocycles. The monoisotopic (exact) mass is 548 g/mol. The van der Waals surface area contributed by atoms with Crippen LogP contribution in [0.2, 0.25) is 0 Å². The highest BCUT2D eigenvalue weighted by Gasteiger charge is 2.37. The molecule has 0 unspecified atom stereocenters. The molecule has 1 aliphatic rings. The number of ether oxygens (including phenoxy) is 2. The molecule has 1 heterocycles. The number of aryl methyl sites for hydroxylation is 2. The fraction of sp³-hybridized carbons (Fsp3) is 0.179. The van der Waals surface area contributed by atoms with Gasteiger partial charge in [-0.25, -0.2) is 9.69 Å². The maximum atomic E-state index is 13.3. The van der Waals surface area contributed by atoms with Crippen LogP contribution in [0, 0.1) is 13.8 Å². The molecule has 0 spiro atoms. The summed E-state index contributed by atoms with van der Waals surface area (Å²) in [5.74, 6) is -0.494. The molecule has 1 saturated heterocycles. The van der Waals surface area contributed by atoms with Crippen LogP contribution in [0.3, 0.4) is 0 Å². The number of barbiturate groups is 1. The number of hydrogen-bond acceptors (Lipinski definition) is 5. The van der Waals surface area contributed by atoms with Gasteiger partial charge in [0.15, 0.2) is 11.5 Å². The lowest BCUT2D eigenvalue weighted by Crippen LogP contribution is -2.54. The number of hydrogen-bond donors (Lipinski definition) is 1. The second-order valence-corrected chi connectivity index (χ2v) is 9.20. The first-order valence-electron chi connectivity index (χ1n) is 11.4. The molecule has 3 aromatic carbocycles. The average Bonchev–Trinajstić information content (AvgIpc) is 2.81. The van der Waals surface area contributed by atoms with Gasteiger partial charge in [-0.1, -0.05) is 36.4 Å². The summed E-state index contributed by atoms with van der Waals surface area (Å²) in [4.78, 5) is 39.5. The summed E-state index contributed by atoms with van der Waals surface area (Å²) in [6.45, 7) is 6.33. The lowest BCUT2D eigenvalue weighted by atomic mass is 10.0. The maximum Gasteiger partial charge on any atom is 0.335 e. The number of halogens is 1. The Bertz CT molecular complexity index is 1350. The van der Waals surface area contributed by atoms with Gasteiger partial charge < -0.3 is 9.47 Å². The Morgan fingerprint density at radius 1 is 0.944 bits per heavy atom. The van der Waals surface area contributed by atoms with Gasteiger partial charge in [0.05, 0.1) is 16.8 Å². The highest BCUT2D eigenvalue weighted by molar-refractivity contribution is 9.10. The van der Waals surface area contributed by atoms with Crippen molar-refractivity contribution in [1.82, 2.24) is 5.32 Å². The van der Waals surface area contributed by atoms with E-state index in [9.17, 15) is 14.4 Å². The zero-order valence-electron chi connectivity index (χ0n) is 20.1. The van der Waals surface area contributed by atoms with Crippen molar-refractivity contribution < 1.29 is 23.9 Å². The third kappa shape index (κ3) is 5.49. The van der Waals surface area contributed by atoms with Crippen molar-refractivity contribution in [2.75, 3.05) is 11.5 Å². The zero-order valence-corrected chi connectivity index (χ0v) is 21.7. The van der Waals surface area contributed by atoms with Gasteiger partial charge in [0.1, 0.15) is 12.2 Å². The van der Waals surface area contributed by atoms with Crippen LogP contribution in [0.5, 0.6) is 11.5 Å². The number of rotatable bonds is 7. The molecule has 0 atom stereocenters. The van der Waals surface area contributed by atoms with E-state index in [0.717, 1.165) is 21.6 Å². The molecular formula is C28H25BrN2O5. The number of nitrogens with zero attached hydrogens (tertiary/aromatic N) is 1. The minimum atomic E-state index is -0.784. The largest absolute Gasteiger partial charge is 0.490 e. The van der Waals surface area contributed by atoms with Crippen LogP contribution >= 0.6 is 15.9 Å². The van der Waals surface area contributed by atoms with Crippen molar-refractivity contribution in [1.29, 1.82) is 0 Å². The smallest absolute Gasteiger partial charge is 0.335 e. The molecule has 4 rings (SSSR count). The molecule has 0 aromatic heterocycles. The third-order valence-corrected chi connectivity index (χ3v) is 6.02. The molecule has 1 N–H and O–H groups in total. The van der Waals surface area contributed by atoms with Crippen molar-refractivity contribution in [3.63, 3.8) is 0 Å². The normalized spacial score (nSPS) is 14.7. The summed E-state index contributed by atoms with van der Waals surface area (Å²) in [6, 6.07) is 17.8. The van der Waals surface area contributed by atoms with Crippen LogP contribution < -0.4 is 19.7 Å². The predicted molar refractivity (Wildman–Crippen MR) is 141 cm³/mol. The summed E-state index contributed by atoms with van der Waals surface area (Å²) >= 11 is 3.53. The first-order chi connectivity index (χ1) is 17.3. The summed E-state index contributed by atoms with van der Waals surface area (Å²) in [7, 11) is 0. The van der Waals surface area contributed by atoms with Crippen LogP contribution in [-0.4, -0.2) is 24.5 Å². The van der Waals surface area contributed by atoms with E-state index in [-0.39, 0.29) is 5.57 Å². The highest BCUT2D eigenvalue weighted by atomic mass is 79.9. The minimum absolute atomic E-state index is 0.166. The first-order valence-corrected chi connectivity index (χ1v) is 12.2. The summed E-state index contributed by atoms with van der Waals surface area (Å²) in [6.07, 6.45) is 1.44. The van der Waals surface area contributed by atoms with E-state index in [1.165, 1.54) is 6.08 Å². The Kier molecular flexibility index (Phi) is 7.55. The van der Waals surface area contributed by atoms with Gasteiger partial charge in [-0.2, -0.15) is 0 Å². The van der Waals surface area contributed by atoms with Crippen molar-refractivity contribution in [2.45, 2.75) is 27.4 Å². The molecule has 0 aliphatic carbocycles. The molecule has 4 amide bonds. The van der Waals surface area contributed by atoms with Crippen molar-refractivity contribution in [2.24, 2.45) is 0 Å². The number of amides is 4. The van der Waals surface area contributed by atoms with Gasteiger partial charge in [-0.3, -0.25) is 14.9 Å². The Balaban J connectivity index is 1.68. The number of nitrogens with one attached hydrogen (secondary N) is 1. The van der Waals surface area contributed by atoms with E-state index in [4.69, 9.17) is 9.47 Å². The summed E-state index contributed by atoms with van der Waals surface area (Å²) in [5, 5.41) is 2.26. The zero-order chi connectivity index (χ0) is 25.8. The van der Waals surface area contributed by atoms with Gasteiger partial charge in [-0.15, -0.1) is 0 Å². The Morgan fingerprint density at radius 2 is 1.64 bits per heavy atom. The molecule has 8 heteroatoms. The summed E-state index contributed by atoms with van der Waals surface area (Å²) in [5.41, 5.74) is 3.55. The lowest BCUT2D eigenvalue weighted by Gasteiger charge is -2.27. The van der Waals surface area contributed by atoms with Gasteiger partial charge in [0.25, 0.3) is 11.8 Å². The van der Waals surface area contributed by atoms with Crippen LogP contribution in [0.25, 0.3) is 6.08 Å². The predicted octanol–water partition coefficient (Wildman–Crippen LogP) is 5.71. The molecule has 0 radical (unpaired) electrons. The molecule has 36 heavy (non-hydrogen) atoms. The number of carbonyl (C=O) groups is 3. The second kappa shape index (κ2) is 10.8. The molecule has 0 saturated carbocycles. The average molecular weight is 549 g/mol. The fourth-order valence-corrected chi connectivity index (χ4v) is 4.52. The fourth-order valence-electron chi connectivity index (χ4n) is 3.94. The van der Waals surface area contributed by atoms with E-state index in [1.54, 1.807) is 24.3 Å². The van der Waals surface area contributed by atoms with Crippen molar-refractivity contribution in [3.8, 4) is 11.5 Å². The SMILES string of the molecule is CCOc1cc(/C=C2\C(=O)NC(=O)N(c3cc(C)cc(C)c3)C2=O)cc(Br)c1OCc1ccccc1. The lowest BCUT2D eigenvalue weighted by molar-refractivity contribution is -0.122. The van der Waals surface area contributed by atoms with E-state index in [2.05, 4.69) is 21.2 Å². The molecule has 1 fully saturated rings. The van der Waals surface area contributed by atoms with E-state index in [0.29, 0.717) is 40.4 Å². The standard InChI is InChI=1S/C28H25BrN2O5/c1-4-35-24-15-20(14-23(29)25(24)36-16-19-8-6-5-7-9-19)13-22-26(32)30-28(34)31(27(22)33)21-11-17(2)10-18(3)12-21/h5-15H,4,16H2,1-3H3,(H,30,32,34)/b22-13+. The van der Waals surface area contributed by atoms with E-state index < -0.39 is 17.8 Å². The van der Waals surface area contributed by atoms with E-state index in [1.807, 2.05) is 57.2 Å². The van der Waals surface area contributed by atoms with Crippen LogP contribution in [0.15, 0.2) is 70.7 Å². The molecule has 7 nitrogen and oxygen atoms in total. The van der Waals surface area contributed by atoms with Crippen molar-refractivity contribution >= 4 is 45.5 Å². The molecule has 0 bridgehead atoms. The number of anilines is 1. The van der Waals surface area contributed by atoms with Crippen LogP contribution in [0.1, 0.15) is 29.2 Å². The molecule has 184 valence electrons. The number of benzene rings is 3. The second-order valence-electron chi connectivity index (χ2n) is 8.34. The van der Waals surface area contributed by atoms with Gasteiger partial charge in [0, 0.05) is 0 Å². The highest BCUT2D eigenvalue weighted by Crippen LogP contribution is 2.38. The number of carbonyl (C=O) groups excluding carboxylic acids is 3. The van der Waals surface area contributed by atoms with Gasteiger partial charge >= 0.3 is 6.03 Å². The topological polar surface area (TPSA) is 84.9 Å². The van der Waals surface area contributed by atoms with Crippen LogP contribution in [-0.2, 0) is 16.2 Å². The Labute approximate surface area is 217 Å². The Morgan fingerprint density at radius 3 is 2.31 bits per heavy atom. The number of imide groups is 2. The maximum absolute atomic E-state index is 13.3. The quantitative estimate of drug-likeness (QED) is 0.302. The summed E-state index contributed by atoms with van der Waals surface area (Å²) < 4.78 is 12.4. The third-order valence-electron chi connectivity index (χ3n) is 5.44. The van der Waals surface area contributed by atoms with Crippen LogP contribution in [0.4, 0.5) is 10.5 Å². The van der Waals surface area contributed by atoms with Gasteiger partial charge in [0.2, 0.25) is 0 Å². The Hall–Kier alpha value is -3.91. The van der Waals surface area contributed by atoms with E-state index >= 15 is 0 Å². The van der Waals surface area contributed by atoms with Gasteiger partial charge in [-0.05, 0) is 89.3 Å². The minimum Gasteiger partial charge on any atom is -0.490 e.